The molecule has 0 saturated carbocycles. The molecule has 1 aliphatic rings. The van der Waals surface area contributed by atoms with Gasteiger partial charge in [0.2, 0.25) is 0 Å². The quantitative estimate of drug-likeness (QED) is 0.775. The highest BCUT2D eigenvalue weighted by Gasteiger charge is 2.36. The van der Waals surface area contributed by atoms with Crippen molar-refractivity contribution in [2.24, 2.45) is 0 Å². The van der Waals surface area contributed by atoms with Crippen LogP contribution in [0.3, 0.4) is 0 Å². The van der Waals surface area contributed by atoms with E-state index in [0.717, 1.165) is 10.2 Å². The van der Waals surface area contributed by atoms with E-state index in [9.17, 15) is 13.2 Å². The molecule has 0 unspecified atom stereocenters. The van der Waals surface area contributed by atoms with Gasteiger partial charge in [-0.25, -0.2) is 0 Å². The number of hydrogen-bond acceptors (Lipinski definition) is 2. The van der Waals surface area contributed by atoms with Crippen molar-refractivity contribution in [3.63, 3.8) is 0 Å². The number of nitrogens with zero attached hydrogens (tertiary/aromatic N) is 3. The number of alkyl halides is 3. The van der Waals surface area contributed by atoms with Crippen molar-refractivity contribution < 1.29 is 13.2 Å². The van der Waals surface area contributed by atoms with Crippen LogP contribution in [0.15, 0.2) is 0 Å². The maximum atomic E-state index is 12.5. The molecule has 2 heterocycles. The Hall–Kier alpha value is -1.04. The molecular weight excluding hydrogens is 243 g/mol. The standard InChI is InChI=1S/C12H18F3N3/c1-8-9-5-17(11(2,3)4)6-10(9)18(16-8)7-12(13,14)15/h5-7H2,1-4H3. The molecule has 0 atom stereocenters. The molecule has 0 amide bonds. The minimum absolute atomic E-state index is 0.0471. The second-order valence-electron chi connectivity index (χ2n) is 5.81. The summed E-state index contributed by atoms with van der Waals surface area (Å²) in [6.45, 7) is 8.19. The first-order valence-corrected chi connectivity index (χ1v) is 5.95. The predicted molar refractivity (Wildman–Crippen MR) is 62.0 cm³/mol. The van der Waals surface area contributed by atoms with E-state index >= 15 is 0 Å². The van der Waals surface area contributed by atoms with E-state index in [-0.39, 0.29) is 5.54 Å². The fourth-order valence-electron chi connectivity index (χ4n) is 2.25. The van der Waals surface area contributed by atoms with Crippen molar-refractivity contribution in [1.82, 2.24) is 14.7 Å². The van der Waals surface area contributed by atoms with E-state index in [4.69, 9.17) is 0 Å². The molecule has 2 rings (SSSR count). The molecule has 0 N–H and O–H groups in total. The number of hydrogen-bond donors (Lipinski definition) is 0. The number of aryl methyl sites for hydroxylation is 1. The topological polar surface area (TPSA) is 21.1 Å². The summed E-state index contributed by atoms with van der Waals surface area (Å²) in [5, 5.41) is 4.00. The highest BCUT2D eigenvalue weighted by atomic mass is 19.4. The van der Waals surface area contributed by atoms with Crippen LogP contribution in [0.25, 0.3) is 0 Å². The lowest BCUT2D eigenvalue weighted by atomic mass is 10.1. The molecule has 102 valence electrons. The van der Waals surface area contributed by atoms with Gasteiger partial charge in [0.25, 0.3) is 0 Å². The molecule has 0 fully saturated rings. The summed E-state index contributed by atoms with van der Waals surface area (Å²) < 4.78 is 38.5. The van der Waals surface area contributed by atoms with Crippen molar-refractivity contribution in [1.29, 1.82) is 0 Å². The van der Waals surface area contributed by atoms with Gasteiger partial charge < -0.3 is 0 Å². The maximum Gasteiger partial charge on any atom is 0.408 e. The Morgan fingerprint density at radius 3 is 2.28 bits per heavy atom. The molecule has 0 saturated heterocycles. The van der Waals surface area contributed by atoms with Crippen LogP contribution in [0.1, 0.15) is 37.7 Å². The summed E-state index contributed by atoms with van der Waals surface area (Å²) in [6, 6.07) is 0. The van der Waals surface area contributed by atoms with E-state index in [0.29, 0.717) is 24.5 Å². The molecule has 6 heteroatoms. The molecule has 1 aromatic heterocycles. The lowest BCUT2D eigenvalue weighted by molar-refractivity contribution is -0.143. The summed E-state index contributed by atoms with van der Waals surface area (Å²) in [5.41, 5.74) is 2.32. The van der Waals surface area contributed by atoms with Crippen molar-refractivity contribution in [2.45, 2.75) is 59.0 Å². The van der Waals surface area contributed by atoms with Gasteiger partial charge in [-0.1, -0.05) is 0 Å². The highest BCUT2D eigenvalue weighted by Crippen LogP contribution is 2.32. The molecule has 0 radical (unpaired) electrons. The van der Waals surface area contributed by atoms with Gasteiger partial charge >= 0.3 is 6.18 Å². The van der Waals surface area contributed by atoms with Gasteiger partial charge in [0.15, 0.2) is 0 Å². The van der Waals surface area contributed by atoms with E-state index < -0.39 is 12.7 Å². The van der Waals surface area contributed by atoms with Crippen molar-refractivity contribution in [3.8, 4) is 0 Å². The van der Waals surface area contributed by atoms with Crippen LogP contribution in [0.5, 0.6) is 0 Å². The van der Waals surface area contributed by atoms with E-state index in [2.05, 4.69) is 30.8 Å². The summed E-state index contributed by atoms with van der Waals surface area (Å²) in [6.07, 6.45) is -4.22. The molecule has 1 aliphatic heterocycles. The van der Waals surface area contributed by atoms with Crippen molar-refractivity contribution in [2.75, 3.05) is 0 Å². The van der Waals surface area contributed by atoms with Crippen LogP contribution in [0.2, 0.25) is 0 Å². The SMILES string of the molecule is Cc1nn(CC(F)(F)F)c2c1CN(C(C)(C)C)C2. The van der Waals surface area contributed by atoms with Crippen LogP contribution < -0.4 is 0 Å². The molecule has 3 nitrogen and oxygen atoms in total. The van der Waals surface area contributed by atoms with Gasteiger partial charge in [0, 0.05) is 24.2 Å². The molecule has 0 spiro atoms. The van der Waals surface area contributed by atoms with Gasteiger partial charge in [-0.3, -0.25) is 9.58 Å². The van der Waals surface area contributed by atoms with E-state index in [1.54, 1.807) is 6.92 Å². The fraction of sp³-hybridized carbons (Fsp3) is 0.750. The summed E-state index contributed by atoms with van der Waals surface area (Å²) in [5.74, 6) is 0. The van der Waals surface area contributed by atoms with E-state index in [1.807, 2.05) is 0 Å². The number of fused-ring (bicyclic) bond motifs is 1. The minimum atomic E-state index is -4.22. The van der Waals surface area contributed by atoms with Crippen LogP contribution in [0, 0.1) is 6.92 Å². The second kappa shape index (κ2) is 3.98. The first-order chi connectivity index (χ1) is 8.08. The zero-order chi connectivity index (χ0) is 13.7. The Bertz CT molecular complexity index is 454. The van der Waals surface area contributed by atoms with Crippen LogP contribution >= 0.6 is 0 Å². The van der Waals surface area contributed by atoms with Gasteiger partial charge in [0.05, 0.1) is 11.4 Å². The molecule has 18 heavy (non-hydrogen) atoms. The van der Waals surface area contributed by atoms with Gasteiger partial charge in [0.1, 0.15) is 6.54 Å². The number of halogens is 3. The Morgan fingerprint density at radius 2 is 1.78 bits per heavy atom. The Morgan fingerprint density at radius 1 is 1.17 bits per heavy atom. The molecule has 0 bridgehead atoms. The Labute approximate surface area is 105 Å². The number of aromatic nitrogens is 2. The normalized spacial score (nSPS) is 17.3. The minimum Gasteiger partial charge on any atom is -0.288 e. The fourth-order valence-corrected chi connectivity index (χ4v) is 2.25. The molecule has 0 aliphatic carbocycles. The first kappa shape index (κ1) is 13.4. The Balaban J connectivity index is 2.28. The average molecular weight is 261 g/mol. The Kier molecular flexibility index (Phi) is 2.96. The summed E-state index contributed by atoms with van der Waals surface area (Å²) in [4.78, 5) is 2.17. The lowest BCUT2D eigenvalue weighted by Crippen LogP contribution is -2.37. The molecule has 1 aromatic rings. The first-order valence-electron chi connectivity index (χ1n) is 5.95. The smallest absolute Gasteiger partial charge is 0.288 e. The monoisotopic (exact) mass is 261 g/mol. The van der Waals surface area contributed by atoms with Crippen molar-refractivity contribution in [3.05, 3.63) is 17.0 Å². The zero-order valence-corrected chi connectivity index (χ0v) is 11.1. The second-order valence-corrected chi connectivity index (χ2v) is 5.81. The molecular formula is C12H18F3N3. The van der Waals surface area contributed by atoms with Crippen molar-refractivity contribution >= 4 is 0 Å². The summed E-state index contributed by atoms with van der Waals surface area (Å²) in [7, 11) is 0. The largest absolute Gasteiger partial charge is 0.408 e. The predicted octanol–water partition coefficient (Wildman–Crippen LogP) is 2.87. The van der Waals surface area contributed by atoms with Gasteiger partial charge in [-0.05, 0) is 27.7 Å². The highest BCUT2D eigenvalue weighted by molar-refractivity contribution is 5.29. The third-order valence-corrected chi connectivity index (χ3v) is 3.33. The van der Waals surface area contributed by atoms with Gasteiger partial charge in [-0.2, -0.15) is 18.3 Å². The third kappa shape index (κ3) is 2.53. The van der Waals surface area contributed by atoms with Crippen LogP contribution in [0.4, 0.5) is 13.2 Å². The molecule has 0 aromatic carbocycles. The number of rotatable bonds is 1. The summed E-state index contributed by atoms with van der Waals surface area (Å²) >= 11 is 0. The van der Waals surface area contributed by atoms with Gasteiger partial charge in [-0.15, -0.1) is 0 Å². The lowest BCUT2D eigenvalue weighted by Gasteiger charge is -2.31. The third-order valence-electron chi connectivity index (χ3n) is 3.33. The van der Waals surface area contributed by atoms with E-state index in [1.165, 1.54) is 0 Å². The maximum absolute atomic E-state index is 12.5. The average Bonchev–Trinajstić information content (AvgIpc) is 2.65. The zero-order valence-electron chi connectivity index (χ0n) is 11.1. The van der Waals surface area contributed by atoms with Crippen LogP contribution in [-0.4, -0.2) is 26.4 Å². The van der Waals surface area contributed by atoms with Crippen LogP contribution in [-0.2, 0) is 19.6 Å².